The normalized spacial score (nSPS) is 11.5. The van der Waals surface area contributed by atoms with Gasteiger partial charge in [0.25, 0.3) is 0 Å². The van der Waals surface area contributed by atoms with Crippen LogP contribution in [-0.2, 0) is 13.1 Å². The molecule has 4 nitrogen and oxygen atoms in total. The van der Waals surface area contributed by atoms with Crippen molar-refractivity contribution in [2.45, 2.75) is 20.0 Å². The van der Waals surface area contributed by atoms with Crippen LogP contribution in [0, 0.1) is 6.92 Å². The van der Waals surface area contributed by atoms with Gasteiger partial charge in [-0.1, -0.05) is 34.1 Å². The van der Waals surface area contributed by atoms with Gasteiger partial charge in [-0.3, -0.25) is 4.99 Å². The molecule has 0 atom stereocenters. The molecule has 0 amide bonds. The molecule has 6 heteroatoms. The van der Waals surface area contributed by atoms with Crippen LogP contribution in [0.3, 0.4) is 0 Å². The van der Waals surface area contributed by atoms with Gasteiger partial charge in [-0.25, -0.2) is 4.98 Å². The van der Waals surface area contributed by atoms with Crippen molar-refractivity contribution in [3.63, 3.8) is 0 Å². The molecule has 1 heterocycles. The van der Waals surface area contributed by atoms with Crippen LogP contribution >= 0.6 is 27.3 Å². The first-order valence-corrected chi connectivity index (χ1v) is 8.33. The SMILES string of the molecule is CN=C(NCc1nc(C)cs1)N(C)Cc1ccccc1Br. The van der Waals surface area contributed by atoms with Crippen molar-refractivity contribution in [2.24, 2.45) is 4.99 Å². The molecular formula is C15H19BrN4S. The van der Waals surface area contributed by atoms with Gasteiger partial charge in [0, 0.05) is 36.2 Å². The Balaban J connectivity index is 1.96. The number of thiazole rings is 1. The number of halogens is 1. The first-order valence-electron chi connectivity index (χ1n) is 6.66. The molecule has 21 heavy (non-hydrogen) atoms. The second-order valence-electron chi connectivity index (χ2n) is 4.73. The van der Waals surface area contributed by atoms with Crippen molar-refractivity contribution in [1.82, 2.24) is 15.2 Å². The number of nitrogens with zero attached hydrogens (tertiary/aromatic N) is 3. The number of aliphatic imine (C=N–C) groups is 1. The summed E-state index contributed by atoms with van der Waals surface area (Å²) in [5, 5.41) is 6.48. The molecule has 0 aliphatic heterocycles. The minimum absolute atomic E-state index is 0.700. The van der Waals surface area contributed by atoms with Crippen LogP contribution in [0.2, 0.25) is 0 Å². The average molecular weight is 367 g/mol. The first kappa shape index (κ1) is 16.0. The zero-order valence-corrected chi connectivity index (χ0v) is 14.8. The summed E-state index contributed by atoms with van der Waals surface area (Å²) in [7, 11) is 3.83. The smallest absolute Gasteiger partial charge is 0.194 e. The molecule has 0 aliphatic carbocycles. The van der Waals surface area contributed by atoms with Gasteiger partial charge in [-0.05, 0) is 18.6 Å². The number of nitrogens with one attached hydrogen (secondary N) is 1. The van der Waals surface area contributed by atoms with E-state index >= 15 is 0 Å². The molecule has 0 spiro atoms. The third-order valence-electron chi connectivity index (χ3n) is 3.00. The molecule has 0 aliphatic rings. The molecule has 112 valence electrons. The fourth-order valence-corrected chi connectivity index (χ4v) is 3.10. The zero-order valence-electron chi connectivity index (χ0n) is 12.4. The van der Waals surface area contributed by atoms with Gasteiger partial charge in [0.05, 0.1) is 6.54 Å². The summed E-state index contributed by atoms with van der Waals surface area (Å²) in [5.74, 6) is 0.860. The summed E-state index contributed by atoms with van der Waals surface area (Å²) in [5.41, 5.74) is 2.29. The minimum Gasteiger partial charge on any atom is -0.350 e. The van der Waals surface area contributed by atoms with Crippen molar-refractivity contribution in [3.05, 3.63) is 50.4 Å². The molecule has 0 saturated carbocycles. The Kier molecular flexibility index (Phi) is 5.76. The molecule has 0 bridgehead atoms. The molecule has 1 N–H and O–H groups in total. The lowest BCUT2D eigenvalue weighted by Crippen LogP contribution is -2.38. The monoisotopic (exact) mass is 366 g/mol. The number of hydrogen-bond donors (Lipinski definition) is 1. The van der Waals surface area contributed by atoms with Gasteiger partial charge >= 0.3 is 0 Å². The number of benzene rings is 1. The Labute approximate surface area is 138 Å². The maximum Gasteiger partial charge on any atom is 0.194 e. The maximum atomic E-state index is 4.45. The molecule has 1 aromatic heterocycles. The quantitative estimate of drug-likeness (QED) is 0.665. The van der Waals surface area contributed by atoms with E-state index in [0.29, 0.717) is 6.54 Å². The lowest BCUT2D eigenvalue weighted by Gasteiger charge is -2.22. The summed E-state index contributed by atoms with van der Waals surface area (Å²) in [4.78, 5) is 10.9. The van der Waals surface area contributed by atoms with Crippen molar-refractivity contribution in [3.8, 4) is 0 Å². The average Bonchev–Trinajstić information content (AvgIpc) is 2.88. The van der Waals surface area contributed by atoms with Gasteiger partial charge in [-0.2, -0.15) is 0 Å². The van der Waals surface area contributed by atoms with E-state index in [4.69, 9.17) is 0 Å². The topological polar surface area (TPSA) is 40.5 Å². The number of aryl methyl sites for hydroxylation is 1. The van der Waals surface area contributed by atoms with E-state index in [9.17, 15) is 0 Å². The van der Waals surface area contributed by atoms with Crippen molar-refractivity contribution in [1.29, 1.82) is 0 Å². The van der Waals surface area contributed by atoms with Gasteiger partial charge in [0.1, 0.15) is 5.01 Å². The summed E-state index contributed by atoms with van der Waals surface area (Å²) >= 11 is 5.24. The molecule has 2 rings (SSSR count). The summed E-state index contributed by atoms with van der Waals surface area (Å²) in [6.45, 7) is 3.50. The predicted octanol–water partition coefficient (Wildman–Crippen LogP) is 3.42. The number of rotatable bonds is 4. The Morgan fingerprint density at radius 1 is 1.43 bits per heavy atom. The highest BCUT2D eigenvalue weighted by molar-refractivity contribution is 9.10. The number of aromatic nitrogens is 1. The number of hydrogen-bond acceptors (Lipinski definition) is 3. The molecule has 0 fully saturated rings. The Bertz CT molecular complexity index is 624. The van der Waals surface area contributed by atoms with E-state index in [1.807, 2.05) is 26.1 Å². The predicted molar refractivity (Wildman–Crippen MR) is 92.7 cm³/mol. The highest BCUT2D eigenvalue weighted by Crippen LogP contribution is 2.17. The summed E-state index contributed by atoms with van der Waals surface area (Å²) in [6.07, 6.45) is 0. The van der Waals surface area contributed by atoms with Crippen LogP contribution in [0.25, 0.3) is 0 Å². The fraction of sp³-hybridized carbons (Fsp3) is 0.333. The van der Waals surface area contributed by atoms with E-state index in [-0.39, 0.29) is 0 Å². The Hall–Kier alpha value is -1.40. The maximum absolute atomic E-state index is 4.45. The van der Waals surface area contributed by atoms with Crippen LogP contribution in [0.15, 0.2) is 39.1 Å². The van der Waals surface area contributed by atoms with Crippen LogP contribution < -0.4 is 5.32 Å². The number of guanidine groups is 1. The third-order valence-corrected chi connectivity index (χ3v) is 4.74. The molecule has 0 saturated heterocycles. The molecule has 2 aromatic rings. The second kappa shape index (κ2) is 7.56. The standard InChI is InChI=1S/C15H19BrN4S/c1-11-10-21-14(19-11)8-18-15(17-2)20(3)9-12-6-4-5-7-13(12)16/h4-7,10H,8-9H2,1-3H3,(H,17,18). The van der Waals surface area contributed by atoms with E-state index in [1.165, 1.54) is 5.56 Å². The third kappa shape index (κ3) is 4.54. The molecule has 0 unspecified atom stereocenters. The van der Waals surface area contributed by atoms with Crippen molar-refractivity contribution in [2.75, 3.05) is 14.1 Å². The van der Waals surface area contributed by atoms with Gasteiger partial charge in [0.2, 0.25) is 0 Å². The summed E-state index contributed by atoms with van der Waals surface area (Å²) < 4.78 is 1.11. The summed E-state index contributed by atoms with van der Waals surface area (Å²) in [6, 6.07) is 8.23. The Morgan fingerprint density at radius 3 is 2.81 bits per heavy atom. The Morgan fingerprint density at radius 2 is 2.19 bits per heavy atom. The van der Waals surface area contributed by atoms with E-state index in [2.05, 4.69) is 53.6 Å². The van der Waals surface area contributed by atoms with E-state index in [0.717, 1.165) is 27.7 Å². The highest BCUT2D eigenvalue weighted by atomic mass is 79.9. The van der Waals surface area contributed by atoms with Gasteiger partial charge in [-0.15, -0.1) is 11.3 Å². The highest BCUT2D eigenvalue weighted by Gasteiger charge is 2.09. The zero-order chi connectivity index (χ0) is 15.2. The first-order chi connectivity index (χ1) is 10.1. The van der Waals surface area contributed by atoms with Crippen LogP contribution in [0.1, 0.15) is 16.3 Å². The lowest BCUT2D eigenvalue weighted by molar-refractivity contribution is 0.475. The van der Waals surface area contributed by atoms with E-state index in [1.54, 1.807) is 18.4 Å². The lowest BCUT2D eigenvalue weighted by atomic mass is 10.2. The van der Waals surface area contributed by atoms with Gasteiger partial charge in [0.15, 0.2) is 5.96 Å². The minimum atomic E-state index is 0.700. The largest absolute Gasteiger partial charge is 0.350 e. The van der Waals surface area contributed by atoms with Crippen LogP contribution in [0.5, 0.6) is 0 Å². The van der Waals surface area contributed by atoms with Crippen LogP contribution in [-0.4, -0.2) is 29.9 Å². The van der Waals surface area contributed by atoms with Crippen molar-refractivity contribution >= 4 is 33.2 Å². The second-order valence-corrected chi connectivity index (χ2v) is 6.53. The van der Waals surface area contributed by atoms with E-state index < -0.39 is 0 Å². The molecule has 0 radical (unpaired) electrons. The molecular weight excluding hydrogens is 348 g/mol. The van der Waals surface area contributed by atoms with Gasteiger partial charge < -0.3 is 10.2 Å². The molecule has 1 aromatic carbocycles. The van der Waals surface area contributed by atoms with Crippen molar-refractivity contribution < 1.29 is 0 Å². The van der Waals surface area contributed by atoms with Crippen LogP contribution in [0.4, 0.5) is 0 Å². The fourth-order valence-electron chi connectivity index (χ4n) is 1.98.